The molecule has 7 unspecified atom stereocenters. The quantitative estimate of drug-likeness (QED) is 0.708. The molecule has 5 fully saturated rings. The van der Waals surface area contributed by atoms with Crippen LogP contribution in [0, 0.1) is 34.5 Å². The van der Waals surface area contributed by atoms with Gasteiger partial charge in [-0.1, -0.05) is 12.1 Å². The summed E-state index contributed by atoms with van der Waals surface area (Å²) in [6, 6.07) is 0. The smallest absolute Gasteiger partial charge is 0.141 e. The van der Waals surface area contributed by atoms with Crippen molar-refractivity contribution < 1.29 is 19.5 Å². The number of nitrogens with one attached hydrogen (secondary N) is 1. The van der Waals surface area contributed by atoms with E-state index in [0.29, 0.717) is 36.9 Å². The molecule has 6 heteroatoms. The maximum atomic E-state index is 13.3. The van der Waals surface area contributed by atoms with Crippen LogP contribution in [0.4, 0.5) is 0 Å². The first-order valence-electron chi connectivity index (χ1n) is 11.6. The molecule has 0 bridgehead atoms. The number of aliphatic hydroxyl groups excluding tert-OH is 1. The van der Waals surface area contributed by atoms with Gasteiger partial charge in [0.2, 0.25) is 0 Å². The van der Waals surface area contributed by atoms with Gasteiger partial charge >= 0.3 is 0 Å². The number of carbonyl (C=O) groups is 2. The fourth-order valence-electron chi connectivity index (χ4n) is 7.66. The normalized spacial score (nSPS) is 48.3. The number of aliphatic hydroxyl groups is 1. The van der Waals surface area contributed by atoms with Crippen molar-refractivity contribution in [2.75, 3.05) is 19.7 Å². The Morgan fingerprint density at radius 1 is 1.14 bits per heavy atom. The maximum absolute atomic E-state index is 13.3. The van der Waals surface area contributed by atoms with Crippen LogP contribution in [0.2, 0.25) is 0 Å². The summed E-state index contributed by atoms with van der Waals surface area (Å²) in [6.07, 6.45) is 7.39. The van der Waals surface area contributed by atoms with Gasteiger partial charge in [-0.2, -0.15) is 0 Å². The third-order valence-corrected chi connectivity index (χ3v) is 9.36. The minimum absolute atomic E-state index is 0.0721. The summed E-state index contributed by atoms with van der Waals surface area (Å²) in [5.74, 6) is 1.45. The van der Waals surface area contributed by atoms with Gasteiger partial charge in [-0.05, 0) is 62.8 Å². The van der Waals surface area contributed by atoms with Crippen molar-refractivity contribution in [3.05, 3.63) is 0 Å². The van der Waals surface area contributed by atoms with Gasteiger partial charge in [0.05, 0.1) is 5.71 Å². The van der Waals surface area contributed by atoms with Crippen LogP contribution in [-0.4, -0.2) is 48.2 Å². The first-order valence-corrected chi connectivity index (χ1v) is 11.6. The molecule has 0 aromatic rings. The lowest BCUT2D eigenvalue weighted by Gasteiger charge is -2.59. The number of nitrogens with zero attached hydrogens (tertiary/aromatic N) is 1. The third kappa shape index (κ3) is 2.93. The van der Waals surface area contributed by atoms with Crippen LogP contribution in [0.3, 0.4) is 0 Å². The molecule has 5 rings (SSSR count). The summed E-state index contributed by atoms with van der Waals surface area (Å²) in [4.78, 5) is 31.6. The van der Waals surface area contributed by atoms with Crippen LogP contribution in [-0.2, 0) is 14.4 Å². The number of Topliss-reactive ketones (excluding diaryl/α,β-unsaturated/α-hetero) is 2. The van der Waals surface area contributed by atoms with Crippen LogP contribution in [0.5, 0.6) is 0 Å². The highest BCUT2D eigenvalue weighted by Gasteiger charge is 2.63. The van der Waals surface area contributed by atoms with E-state index in [-0.39, 0.29) is 41.2 Å². The number of hydrogen-bond acceptors (Lipinski definition) is 6. The van der Waals surface area contributed by atoms with Gasteiger partial charge in [0.25, 0.3) is 0 Å². The first kappa shape index (κ1) is 19.7. The highest BCUT2D eigenvalue weighted by molar-refractivity contribution is 5.93. The van der Waals surface area contributed by atoms with Gasteiger partial charge in [-0.3, -0.25) is 9.59 Å². The van der Waals surface area contributed by atoms with E-state index in [9.17, 15) is 14.7 Å². The summed E-state index contributed by atoms with van der Waals surface area (Å²) in [7, 11) is 0. The monoisotopic (exact) mass is 402 g/mol. The molecule has 2 N–H and O–H groups in total. The highest BCUT2D eigenvalue weighted by Crippen LogP contribution is 2.64. The number of hydrogen-bond donors (Lipinski definition) is 2. The molecule has 0 amide bonds. The Bertz CT molecular complexity index is 730. The minimum atomic E-state index is -0.332. The molecular weight excluding hydrogens is 368 g/mol. The number of rotatable bonds is 3. The number of carbonyl (C=O) groups excluding carboxylic acids is 2. The second-order valence-electron chi connectivity index (χ2n) is 10.5. The summed E-state index contributed by atoms with van der Waals surface area (Å²) in [5.41, 5.74) is 0.408. The van der Waals surface area contributed by atoms with Gasteiger partial charge in [-0.25, -0.2) is 0 Å². The molecule has 7 atom stereocenters. The van der Waals surface area contributed by atoms with E-state index >= 15 is 0 Å². The molecular formula is C23H34N2O4. The number of fused-ring (bicyclic) bond motifs is 5. The van der Waals surface area contributed by atoms with E-state index in [0.717, 1.165) is 57.3 Å². The van der Waals surface area contributed by atoms with Crippen molar-refractivity contribution >= 4 is 17.3 Å². The molecule has 160 valence electrons. The third-order valence-electron chi connectivity index (χ3n) is 9.36. The fraction of sp³-hybridized carbons (Fsp3) is 0.870. The zero-order valence-electron chi connectivity index (χ0n) is 17.5. The Morgan fingerprint density at radius 3 is 2.76 bits per heavy atom. The largest absolute Gasteiger partial charge is 0.396 e. The standard InChI is InChI=1S/C23H34N2O4/c1-22-7-5-18-16(17(22)2-3-21(22)28)11-20(27)19-10-14(4-8-23(18,19)13-26)25-29-15-6-9-24-12-15/h15-19,24,26H,2-13H2,1H3/b25-14-. The lowest BCUT2D eigenvalue weighted by atomic mass is 9.44. The Kier molecular flexibility index (Phi) is 4.86. The van der Waals surface area contributed by atoms with E-state index in [4.69, 9.17) is 4.84 Å². The van der Waals surface area contributed by atoms with E-state index < -0.39 is 0 Å². The fourth-order valence-corrected chi connectivity index (χ4v) is 7.66. The number of ketones is 2. The topological polar surface area (TPSA) is 88.0 Å². The van der Waals surface area contributed by atoms with Crippen molar-refractivity contribution in [2.45, 2.75) is 70.8 Å². The summed E-state index contributed by atoms with van der Waals surface area (Å²) >= 11 is 0. The van der Waals surface area contributed by atoms with Crippen LogP contribution >= 0.6 is 0 Å². The van der Waals surface area contributed by atoms with Crippen LogP contribution in [0.1, 0.15) is 64.7 Å². The second-order valence-corrected chi connectivity index (χ2v) is 10.5. The van der Waals surface area contributed by atoms with E-state index in [1.54, 1.807) is 0 Å². The van der Waals surface area contributed by atoms with Gasteiger partial charge < -0.3 is 15.3 Å². The zero-order valence-corrected chi connectivity index (χ0v) is 17.5. The van der Waals surface area contributed by atoms with Crippen molar-refractivity contribution in [1.82, 2.24) is 5.32 Å². The predicted octanol–water partition coefficient (Wildman–Crippen LogP) is 2.48. The Labute approximate surface area is 172 Å². The van der Waals surface area contributed by atoms with E-state index in [1.807, 2.05) is 0 Å². The molecule has 1 heterocycles. The molecule has 29 heavy (non-hydrogen) atoms. The minimum Gasteiger partial charge on any atom is -0.396 e. The van der Waals surface area contributed by atoms with Crippen molar-refractivity contribution in [3.63, 3.8) is 0 Å². The molecule has 0 radical (unpaired) electrons. The predicted molar refractivity (Wildman–Crippen MR) is 108 cm³/mol. The SMILES string of the molecule is CC12CCC3C(CC(=O)C4C/C(=N\OC5CCNC5)CCC43CO)C1CCC2=O. The molecule has 0 aromatic carbocycles. The van der Waals surface area contributed by atoms with Gasteiger partial charge in [0.1, 0.15) is 17.7 Å². The number of oxime groups is 1. The Morgan fingerprint density at radius 2 is 2.00 bits per heavy atom. The van der Waals surface area contributed by atoms with Gasteiger partial charge in [-0.15, -0.1) is 0 Å². The van der Waals surface area contributed by atoms with Crippen molar-refractivity contribution in [2.24, 2.45) is 39.7 Å². The average molecular weight is 403 g/mol. The highest BCUT2D eigenvalue weighted by atomic mass is 16.6. The van der Waals surface area contributed by atoms with Gasteiger partial charge in [0, 0.05) is 49.2 Å². The van der Waals surface area contributed by atoms with Crippen LogP contribution < -0.4 is 5.32 Å². The van der Waals surface area contributed by atoms with E-state index in [2.05, 4.69) is 17.4 Å². The molecule has 0 aromatic heterocycles. The van der Waals surface area contributed by atoms with E-state index in [1.165, 1.54) is 0 Å². The first-order chi connectivity index (χ1) is 14.0. The Balaban J connectivity index is 1.38. The van der Waals surface area contributed by atoms with Crippen molar-refractivity contribution in [3.8, 4) is 0 Å². The molecule has 4 saturated carbocycles. The molecule has 1 aliphatic heterocycles. The lowest BCUT2D eigenvalue weighted by Crippen LogP contribution is -2.59. The lowest BCUT2D eigenvalue weighted by molar-refractivity contribution is -0.160. The van der Waals surface area contributed by atoms with Crippen molar-refractivity contribution in [1.29, 1.82) is 0 Å². The molecule has 1 saturated heterocycles. The van der Waals surface area contributed by atoms with Gasteiger partial charge in [0.15, 0.2) is 0 Å². The summed E-state index contributed by atoms with van der Waals surface area (Å²) in [6.45, 7) is 4.01. The zero-order chi connectivity index (χ0) is 20.2. The molecule has 0 spiro atoms. The molecule has 4 aliphatic carbocycles. The molecule has 5 aliphatic rings. The Hall–Kier alpha value is -1.27. The van der Waals surface area contributed by atoms with Crippen LogP contribution in [0.25, 0.3) is 0 Å². The summed E-state index contributed by atoms with van der Waals surface area (Å²) in [5, 5.41) is 18.3. The van der Waals surface area contributed by atoms with Crippen LogP contribution in [0.15, 0.2) is 5.16 Å². The maximum Gasteiger partial charge on any atom is 0.141 e. The summed E-state index contributed by atoms with van der Waals surface area (Å²) < 4.78 is 0. The average Bonchev–Trinajstić information content (AvgIpc) is 3.35. The molecule has 6 nitrogen and oxygen atoms in total. The second kappa shape index (κ2) is 7.16.